The van der Waals surface area contributed by atoms with Crippen molar-refractivity contribution in [3.05, 3.63) is 63.6 Å². The predicted molar refractivity (Wildman–Crippen MR) is 72.5 cm³/mol. The zero-order valence-electron chi connectivity index (χ0n) is 10.5. The number of rotatable bonds is 3. The third kappa shape index (κ3) is 3.58. The second kappa shape index (κ2) is 6.08. The van der Waals surface area contributed by atoms with Gasteiger partial charge in [0.2, 0.25) is 0 Å². The summed E-state index contributed by atoms with van der Waals surface area (Å²) in [6, 6.07) is 3.68. The molecule has 0 saturated carbocycles. The molecule has 1 atom stereocenters. The third-order valence-corrected chi connectivity index (χ3v) is 3.29. The van der Waals surface area contributed by atoms with Crippen LogP contribution in [0.1, 0.15) is 22.7 Å². The Morgan fingerprint density at radius 2 is 1.86 bits per heavy atom. The van der Waals surface area contributed by atoms with Crippen molar-refractivity contribution in [1.29, 1.82) is 0 Å². The Morgan fingerprint density at radius 1 is 1.14 bits per heavy atom. The molecule has 0 saturated heterocycles. The number of aromatic nitrogens is 1. The summed E-state index contributed by atoms with van der Waals surface area (Å²) in [6.45, 7) is 0. The summed E-state index contributed by atoms with van der Waals surface area (Å²) >= 11 is 3.22. The van der Waals surface area contributed by atoms with Crippen molar-refractivity contribution in [1.82, 2.24) is 10.4 Å². The molecule has 3 N–H and O–H groups in total. The normalized spacial score (nSPS) is 13.2. The van der Waals surface area contributed by atoms with Crippen LogP contribution < -0.4 is 11.3 Å². The highest BCUT2D eigenvalue weighted by Crippen LogP contribution is 2.34. The van der Waals surface area contributed by atoms with E-state index in [1.807, 2.05) is 0 Å². The Labute approximate surface area is 126 Å². The highest BCUT2D eigenvalue weighted by molar-refractivity contribution is 9.10. The highest BCUT2D eigenvalue weighted by atomic mass is 79.9. The first kappa shape index (κ1) is 15.9. The molecular weight excluding hydrogens is 354 g/mol. The van der Waals surface area contributed by atoms with Crippen molar-refractivity contribution >= 4 is 15.9 Å². The molecule has 1 unspecified atom stereocenters. The summed E-state index contributed by atoms with van der Waals surface area (Å²) in [7, 11) is 0. The lowest BCUT2D eigenvalue weighted by Gasteiger charge is -2.18. The van der Waals surface area contributed by atoms with Gasteiger partial charge in [-0.25, -0.2) is 9.82 Å². The third-order valence-electron chi connectivity index (χ3n) is 2.86. The van der Waals surface area contributed by atoms with Gasteiger partial charge in [0.25, 0.3) is 0 Å². The van der Waals surface area contributed by atoms with Gasteiger partial charge in [0.15, 0.2) is 0 Å². The SMILES string of the molecule is NNC(c1cncc(Br)c1)c1ccc(F)c(C(F)(F)F)c1. The van der Waals surface area contributed by atoms with Gasteiger partial charge >= 0.3 is 6.18 Å². The fourth-order valence-corrected chi connectivity index (χ4v) is 2.29. The smallest absolute Gasteiger partial charge is 0.271 e. The summed E-state index contributed by atoms with van der Waals surface area (Å²) in [6.07, 6.45) is -1.77. The van der Waals surface area contributed by atoms with Crippen LogP contribution in [0.3, 0.4) is 0 Å². The Bertz CT molecular complexity index is 646. The number of halogens is 5. The molecule has 3 nitrogen and oxygen atoms in total. The number of benzene rings is 1. The zero-order valence-corrected chi connectivity index (χ0v) is 12.0. The molecule has 1 aromatic heterocycles. The predicted octanol–water partition coefficient (Wildman–Crippen LogP) is 3.55. The van der Waals surface area contributed by atoms with Crippen molar-refractivity contribution < 1.29 is 17.6 Å². The van der Waals surface area contributed by atoms with Gasteiger partial charge < -0.3 is 0 Å². The topological polar surface area (TPSA) is 50.9 Å². The molecule has 0 fully saturated rings. The molecule has 21 heavy (non-hydrogen) atoms. The van der Waals surface area contributed by atoms with E-state index in [1.54, 1.807) is 6.07 Å². The van der Waals surface area contributed by atoms with Crippen LogP contribution in [-0.4, -0.2) is 4.98 Å². The molecule has 0 aliphatic carbocycles. The Kier molecular flexibility index (Phi) is 4.60. The van der Waals surface area contributed by atoms with Gasteiger partial charge in [-0.3, -0.25) is 10.8 Å². The fraction of sp³-hybridized carbons (Fsp3) is 0.154. The second-order valence-electron chi connectivity index (χ2n) is 4.27. The molecule has 2 aromatic rings. The average Bonchev–Trinajstić information content (AvgIpc) is 2.40. The summed E-state index contributed by atoms with van der Waals surface area (Å²) in [5, 5.41) is 0. The minimum atomic E-state index is -4.77. The van der Waals surface area contributed by atoms with Crippen molar-refractivity contribution in [2.75, 3.05) is 0 Å². The number of hydrogen-bond acceptors (Lipinski definition) is 3. The lowest BCUT2D eigenvalue weighted by atomic mass is 9.98. The molecule has 8 heteroatoms. The van der Waals surface area contributed by atoms with Crippen LogP contribution in [0, 0.1) is 5.82 Å². The van der Waals surface area contributed by atoms with Gasteiger partial charge in [0, 0.05) is 16.9 Å². The van der Waals surface area contributed by atoms with Crippen LogP contribution in [0.15, 0.2) is 41.1 Å². The van der Waals surface area contributed by atoms with E-state index in [-0.39, 0.29) is 5.56 Å². The molecule has 112 valence electrons. The van der Waals surface area contributed by atoms with Gasteiger partial charge in [-0.15, -0.1) is 0 Å². The number of alkyl halides is 3. The summed E-state index contributed by atoms with van der Waals surface area (Å²) in [4.78, 5) is 3.93. The minimum absolute atomic E-state index is 0.186. The molecule has 0 aliphatic heterocycles. The maximum absolute atomic E-state index is 13.3. The lowest BCUT2D eigenvalue weighted by molar-refractivity contribution is -0.140. The number of hydrazine groups is 1. The van der Waals surface area contributed by atoms with Crippen LogP contribution in [0.5, 0.6) is 0 Å². The number of hydrogen-bond donors (Lipinski definition) is 2. The average molecular weight is 364 g/mol. The van der Waals surface area contributed by atoms with Crippen LogP contribution in [0.25, 0.3) is 0 Å². The monoisotopic (exact) mass is 363 g/mol. The molecular formula is C13H10BrF4N3. The maximum atomic E-state index is 13.3. The van der Waals surface area contributed by atoms with E-state index < -0.39 is 23.6 Å². The summed E-state index contributed by atoms with van der Waals surface area (Å²) in [5.41, 5.74) is 1.81. The molecule has 2 rings (SSSR count). The highest BCUT2D eigenvalue weighted by Gasteiger charge is 2.34. The van der Waals surface area contributed by atoms with Gasteiger partial charge in [0.1, 0.15) is 5.82 Å². The van der Waals surface area contributed by atoms with E-state index >= 15 is 0 Å². The maximum Gasteiger partial charge on any atom is 0.419 e. The van der Waals surface area contributed by atoms with E-state index in [2.05, 4.69) is 26.3 Å². The quantitative estimate of drug-likeness (QED) is 0.498. The van der Waals surface area contributed by atoms with E-state index in [9.17, 15) is 17.6 Å². The summed E-state index contributed by atoms with van der Waals surface area (Å²) < 4.78 is 52.2. The van der Waals surface area contributed by atoms with Crippen molar-refractivity contribution in [2.24, 2.45) is 5.84 Å². The van der Waals surface area contributed by atoms with Gasteiger partial charge in [0.05, 0.1) is 11.6 Å². The van der Waals surface area contributed by atoms with Crippen LogP contribution in [-0.2, 0) is 6.18 Å². The van der Waals surface area contributed by atoms with Crippen molar-refractivity contribution in [3.8, 4) is 0 Å². The molecule has 0 aliphatic rings. The van der Waals surface area contributed by atoms with Gasteiger partial charge in [-0.1, -0.05) is 6.07 Å². The van der Waals surface area contributed by atoms with Crippen LogP contribution in [0.2, 0.25) is 0 Å². The summed E-state index contributed by atoms with van der Waals surface area (Å²) in [5.74, 6) is 4.09. The Hall–Kier alpha value is -1.51. The molecule has 0 bridgehead atoms. The molecule has 0 spiro atoms. The van der Waals surface area contributed by atoms with E-state index in [0.717, 1.165) is 12.1 Å². The molecule has 1 heterocycles. The second-order valence-corrected chi connectivity index (χ2v) is 5.19. The standard InChI is InChI=1S/C13H10BrF4N3/c14-9-3-8(5-20-6-9)12(21-19)7-1-2-11(15)10(4-7)13(16,17)18/h1-6,12,21H,19H2. The van der Waals surface area contributed by atoms with Gasteiger partial charge in [-0.05, 0) is 45.3 Å². The largest absolute Gasteiger partial charge is 0.419 e. The molecule has 0 amide bonds. The Morgan fingerprint density at radius 3 is 2.43 bits per heavy atom. The number of nitrogens with zero attached hydrogens (tertiary/aromatic N) is 1. The number of nitrogens with two attached hydrogens (primary N) is 1. The molecule has 0 radical (unpaired) electrons. The van der Waals surface area contributed by atoms with Crippen LogP contribution >= 0.6 is 15.9 Å². The minimum Gasteiger partial charge on any atom is -0.271 e. The number of nitrogens with one attached hydrogen (secondary N) is 1. The van der Waals surface area contributed by atoms with Crippen molar-refractivity contribution in [2.45, 2.75) is 12.2 Å². The van der Waals surface area contributed by atoms with E-state index in [4.69, 9.17) is 5.84 Å². The first-order chi connectivity index (χ1) is 9.82. The van der Waals surface area contributed by atoms with Crippen LogP contribution in [0.4, 0.5) is 17.6 Å². The Balaban J connectivity index is 2.49. The number of pyridine rings is 1. The first-order valence-corrected chi connectivity index (χ1v) is 6.55. The zero-order chi connectivity index (χ0) is 15.6. The lowest BCUT2D eigenvalue weighted by Crippen LogP contribution is -2.29. The fourth-order valence-electron chi connectivity index (χ4n) is 1.91. The van der Waals surface area contributed by atoms with Gasteiger partial charge in [-0.2, -0.15) is 13.2 Å². The van der Waals surface area contributed by atoms with E-state index in [1.165, 1.54) is 18.5 Å². The van der Waals surface area contributed by atoms with Crippen molar-refractivity contribution in [3.63, 3.8) is 0 Å². The van der Waals surface area contributed by atoms with E-state index in [0.29, 0.717) is 10.0 Å². The molecule has 1 aromatic carbocycles. The first-order valence-electron chi connectivity index (χ1n) is 5.76.